The summed E-state index contributed by atoms with van der Waals surface area (Å²) in [6.45, 7) is 9.07. The lowest BCUT2D eigenvalue weighted by Gasteiger charge is -2.18. The van der Waals surface area contributed by atoms with Crippen LogP contribution in [0.2, 0.25) is 0 Å². The zero-order valence-corrected chi connectivity index (χ0v) is 17.7. The molecule has 0 N–H and O–H groups in total. The molecule has 0 spiro atoms. The van der Waals surface area contributed by atoms with Gasteiger partial charge in [-0.25, -0.2) is 0 Å². The molecule has 0 aliphatic rings. The highest BCUT2D eigenvalue weighted by atomic mass is 16.5. The molecule has 1 aromatic heterocycles. The van der Waals surface area contributed by atoms with E-state index in [1.165, 1.54) is 5.56 Å². The van der Waals surface area contributed by atoms with Gasteiger partial charge in [-0.2, -0.15) is 0 Å². The summed E-state index contributed by atoms with van der Waals surface area (Å²) in [5.41, 5.74) is 4.83. The van der Waals surface area contributed by atoms with Crippen LogP contribution in [0.15, 0.2) is 53.1 Å². The number of nitrogens with zero attached hydrogens (tertiary/aromatic N) is 2. The van der Waals surface area contributed by atoms with Crippen LogP contribution in [0.25, 0.3) is 0 Å². The van der Waals surface area contributed by atoms with Gasteiger partial charge in [-0.3, -0.25) is 4.79 Å². The highest BCUT2D eigenvalue weighted by Gasteiger charge is 2.13. The highest BCUT2D eigenvalue weighted by molar-refractivity contribution is 5.94. The Morgan fingerprint density at radius 3 is 2.28 bits per heavy atom. The van der Waals surface area contributed by atoms with E-state index in [2.05, 4.69) is 43.3 Å². The van der Waals surface area contributed by atoms with Crippen molar-refractivity contribution in [2.45, 2.75) is 46.8 Å². The van der Waals surface area contributed by atoms with E-state index in [4.69, 9.17) is 9.26 Å². The second-order valence-corrected chi connectivity index (χ2v) is 7.67. The molecule has 0 aliphatic heterocycles. The fourth-order valence-electron chi connectivity index (χ4n) is 3.13. The standard InChI is InChI=1S/C24H28N2O3/c1-16(2)20-8-6-19(7-9-20)14-26(5)24(27)21-10-12-22(13-11-21)28-15-23-17(3)25-29-18(23)4/h6-13,16H,14-15H2,1-5H3. The molecule has 0 fully saturated rings. The molecule has 3 rings (SSSR count). The zero-order chi connectivity index (χ0) is 21.0. The minimum Gasteiger partial charge on any atom is -0.489 e. The Hall–Kier alpha value is -3.08. The number of aryl methyl sites for hydroxylation is 2. The van der Waals surface area contributed by atoms with E-state index in [1.807, 2.05) is 33.0 Å². The number of hydrogen-bond donors (Lipinski definition) is 0. The normalized spacial score (nSPS) is 11.0. The van der Waals surface area contributed by atoms with Crippen molar-refractivity contribution < 1.29 is 14.1 Å². The maximum Gasteiger partial charge on any atom is 0.253 e. The molecule has 29 heavy (non-hydrogen) atoms. The Bertz CT molecular complexity index is 937. The maximum atomic E-state index is 12.7. The molecule has 1 amide bonds. The summed E-state index contributed by atoms with van der Waals surface area (Å²) in [5.74, 6) is 1.95. The van der Waals surface area contributed by atoms with Gasteiger partial charge in [0, 0.05) is 19.2 Å². The first-order valence-electron chi connectivity index (χ1n) is 9.84. The molecule has 0 bridgehead atoms. The largest absolute Gasteiger partial charge is 0.489 e. The molecular formula is C24H28N2O3. The lowest BCUT2D eigenvalue weighted by atomic mass is 10.0. The Labute approximate surface area is 172 Å². The second kappa shape index (κ2) is 8.95. The minimum atomic E-state index is -0.0183. The van der Waals surface area contributed by atoms with E-state index in [1.54, 1.807) is 17.0 Å². The van der Waals surface area contributed by atoms with Gasteiger partial charge in [0.15, 0.2) is 0 Å². The van der Waals surface area contributed by atoms with E-state index >= 15 is 0 Å². The Balaban J connectivity index is 1.59. The summed E-state index contributed by atoms with van der Waals surface area (Å²) in [4.78, 5) is 14.5. The summed E-state index contributed by atoms with van der Waals surface area (Å²) in [6, 6.07) is 15.7. The number of carbonyl (C=O) groups excluding carboxylic acids is 1. The van der Waals surface area contributed by atoms with Crippen LogP contribution in [0, 0.1) is 13.8 Å². The minimum absolute atomic E-state index is 0.0183. The van der Waals surface area contributed by atoms with Crippen molar-refractivity contribution in [3.8, 4) is 5.75 Å². The van der Waals surface area contributed by atoms with Crippen molar-refractivity contribution >= 4 is 5.91 Å². The molecule has 5 nitrogen and oxygen atoms in total. The molecule has 3 aromatic rings. The topological polar surface area (TPSA) is 55.6 Å². The van der Waals surface area contributed by atoms with Gasteiger partial charge in [0.2, 0.25) is 0 Å². The first kappa shape index (κ1) is 20.6. The number of aromatic nitrogens is 1. The lowest BCUT2D eigenvalue weighted by molar-refractivity contribution is 0.0785. The molecule has 1 heterocycles. The highest BCUT2D eigenvalue weighted by Crippen LogP contribution is 2.19. The van der Waals surface area contributed by atoms with Gasteiger partial charge in [0.05, 0.1) is 11.3 Å². The molecule has 5 heteroatoms. The van der Waals surface area contributed by atoms with Gasteiger partial charge >= 0.3 is 0 Å². The first-order chi connectivity index (χ1) is 13.8. The third-order valence-electron chi connectivity index (χ3n) is 5.08. The van der Waals surface area contributed by atoms with E-state index < -0.39 is 0 Å². The van der Waals surface area contributed by atoms with Gasteiger partial charge in [0.1, 0.15) is 18.1 Å². The molecule has 152 valence electrons. The zero-order valence-electron chi connectivity index (χ0n) is 17.7. The molecule has 0 atom stereocenters. The van der Waals surface area contributed by atoms with Crippen LogP contribution in [0.5, 0.6) is 5.75 Å². The van der Waals surface area contributed by atoms with E-state index in [9.17, 15) is 4.79 Å². The van der Waals surface area contributed by atoms with Gasteiger partial charge in [-0.05, 0) is 55.2 Å². The number of rotatable bonds is 7. The average molecular weight is 392 g/mol. The van der Waals surface area contributed by atoms with Crippen molar-refractivity contribution in [1.29, 1.82) is 0 Å². The van der Waals surface area contributed by atoms with E-state index in [0.29, 0.717) is 30.4 Å². The predicted molar refractivity (Wildman–Crippen MR) is 113 cm³/mol. The summed E-state index contributed by atoms with van der Waals surface area (Å²) in [6.07, 6.45) is 0. The SMILES string of the molecule is Cc1noc(C)c1COc1ccc(C(=O)N(C)Cc2ccc(C(C)C)cc2)cc1. The molecular weight excluding hydrogens is 364 g/mol. The summed E-state index contributed by atoms with van der Waals surface area (Å²) in [7, 11) is 1.82. The lowest BCUT2D eigenvalue weighted by Crippen LogP contribution is -2.26. The molecule has 2 aromatic carbocycles. The summed E-state index contributed by atoms with van der Waals surface area (Å²) in [5, 5.41) is 3.93. The molecule has 0 saturated carbocycles. The van der Waals surface area contributed by atoms with Crippen LogP contribution >= 0.6 is 0 Å². The second-order valence-electron chi connectivity index (χ2n) is 7.67. The molecule has 0 aliphatic carbocycles. The van der Waals surface area contributed by atoms with Crippen LogP contribution in [0.1, 0.15) is 58.3 Å². The summed E-state index contributed by atoms with van der Waals surface area (Å²) < 4.78 is 11.0. The first-order valence-corrected chi connectivity index (χ1v) is 9.84. The monoisotopic (exact) mass is 392 g/mol. The van der Waals surface area contributed by atoms with Crippen molar-refractivity contribution in [2.75, 3.05) is 7.05 Å². The smallest absolute Gasteiger partial charge is 0.253 e. The van der Waals surface area contributed by atoms with Crippen LogP contribution in [0.3, 0.4) is 0 Å². The van der Waals surface area contributed by atoms with E-state index in [0.717, 1.165) is 22.6 Å². The van der Waals surface area contributed by atoms with Crippen LogP contribution < -0.4 is 4.74 Å². The van der Waals surface area contributed by atoms with Gasteiger partial charge in [-0.1, -0.05) is 43.3 Å². The third kappa shape index (κ3) is 5.05. The number of amides is 1. The maximum absolute atomic E-state index is 12.7. The third-order valence-corrected chi connectivity index (χ3v) is 5.08. The Kier molecular flexibility index (Phi) is 6.37. The quantitative estimate of drug-likeness (QED) is 0.550. The molecule has 0 saturated heterocycles. The Morgan fingerprint density at radius 1 is 1.07 bits per heavy atom. The van der Waals surface area contributed by atoms with Crippen molar-refractivity contribution in [2.24, 2.45) is 0 Å². The predicted octanol–water partition coefficient (Wildman–Crippen LogP) is 5.27. The van der Waals surface area contributed by atoms with Crippen LogP contribution in [-0.4, -0.2) is 23.0 Å². The van der Waals surface area contributed by atoms with Gasteiger partial charge in [-0.15, -0.1) is 0 Å². The number of hydrogen-bond acceptors (Lipinski definition) is 4. The van der Waals surface area contributed by atoms with Crippen molar-refractivity contribution in [3.63, 3.8) is 0 Å². The van der Waals surface area contributed by atoms with E-state index in [-0.39, 0.29) is 5.91 Å². The fourth-order valence-corrected chi connectivity index (χ4v) is 3.13. The number of benzene rings is 2. The number of ether oxygens (including phenoxy) is 1. The number of carbonyl (C=O) groups is 1. The fraction of sp³-hybridized carbons (Fsp3) is 0.333. The van der Waals surface area contributed by atoms with Gasteiger partial charge in [0.25, 0.3) is 5.91 Å². The van der Waals surface area contributed by atoms with Gasteiger partial charge < -0.3 is 14.2 Å². The summed E-state index contributed by atoms with van der Waals surface area (Å²) >= 11 is 0. The van der Waals surface area contributed by atoms with Crippen molar-refractivity contribution in [3.05, 3.63) is 82.2 Å². The average Bonchev–Trinajstić information content (AvgIpc) is 3.04. The van der Waals surface area contributed by atoms with Crippen molar-refractivity contribution in [1.82, 2.24) is 10.1 Å². The molecule has 0 radical (unpaired) electrons. The van der Waals surface area contributed by atoms with Crippen LogP contribution in [0.4, 0.5) is 0 Å². The van der Waals surface area contributed by atoms with Crippen LogP contribution in [-0.2, 0) is 13.2 Å². The molecule has 0 unspecified atom stereocenters. The Morgan fingerprint density at radius 2 is 1.72 bits per heavy atom.